The lowest BCUT2D eigenvalue weighted by Crippen LogP contribution is -2.42. The average molecular weight is 443 g/mol. The minimum absolute atomic E-state index is 0. The van der Waals surface area contributed by atoms with Crippen molar-refractivity contribution in [3.05, 3.63) is 30.6 Å². The van der Waals surface area contributed by atoms with E-state index in [1.165, 1.54) is 5.52 Å². The molecule has 1 aliphatic heterocycles. The maximum Gasteiger partial charge on any atom is 0.193 e. The molecule has 0 aliphatic carbocycles. The minimum Gasteiger partial charge on any atom is -0.381 e. The average Bonchev–Trinajstić information content (AvgIpc) is 3.21. The lowest BCUT2D eigenvalue weighted by atomic mass is 10.1. The second-order valence-electron chi connectivity index (χ2n) is 6.01. The summed E-state index contributed by atoms with van der Waals surface area (Å²) in [6.07, 6.45) is 3.04. The van der Waals surface area contributed by atoms with E-state index in [1.54, 1.807) is 0 Å². The fraction of sp³-hybridized carbons (Fsp3) is 0.529. The van der Waals surface area contributed by atoms with E-state index in [0.717, 1.165) is 50.7 Å². The van der Waals surface area contributed by atoms with Crippen LogP contribution >= 0.6 is 24.0 Å². The Morgan fingerprint density at radius 1 is 1.46 bits per heavy atom. The molecule has 7 heteroatoms. The van der Waals surface area contributed by atoms with Crippen molar-refractivity contribution in [3.63, 3.8) is 0 Å². The van der Waals surface area contributed by atoms with Crippen molar-refractivity contribution in [2.75, 3.05) is 40.4 Å². The number of fused-ring (bicyclic) bond motifs is 1. The Balaban J connectivity index is 0.00000208. The maximum absolute atomic E-state index is 5.45. The van der Waals surface area contributed by atoms with E-state index in [2.05, 4.69) is 37.9 Å². The molecule has 1 saturated heterocycles. The van der Waals surface area contributed by atoms with Crippen molar-refractivity contribution in [3.8, 4) is 0 Å². The SMILES string of the molecule is CN=C(NCCn1cnc2ccccc21)N(C)CC1CCOC1.I. The van der Waals surface area contributed by atoms with E-state index >= 15 is 0 Å². The molecule has 2 heterocycles. The van der Waals surface area contributed by atoms with E-state index in [1.807, 2.05) is 31.6 Å². The Hall–Kier alpha value is -1.35. The summed E-state index contributed by atoms with van der Waals surface area (Å²) in [7, 11) is 3.91. The third-order valence-corrected chi connectivity index (χ3v) is 4.29. The molecule has 1 atom stereocenters. The van der Waals surface area contributed by atoms with Crippen LogP contribution in [-0.4, -0.2) is 60.8 Å². The van der Waals surface area contributed by atoms with Gasteiger partial charge < -0.3 is 19.5 Å². The lowest BCUT2D eigenvalue weighted by Gasteiger charge is -2.24. The number of hydrogen-bond donors (Lipinski definition) is 1. The normalized spacial score (nSPS) is 17.8. The van der Waals surface area contributed by atoms with Crippen LogP contribution in [0.4, 0.5) is 0 Å². The zero-order valence-electron chi connectivity index (χ0n) is 14.3. The number of ether oxygens (including phenoxy) is 1. The van der Waals surface area contributed by atoms with Crippen molar-refractivity contribution >= 4 is 41.0 Å². The molecule has 24 heavy (non-hydrogen) atoms. The monoisotopic (exact) mass is 443 g/mol. The number of aromatic nitrogens is 2. The number of aliphatic imine (C=N–C) groups is 1. The fourth-order valence-electron chi connectivity index (χ4n) is 3.06. The van der Waals surface area contributed by atoms with Crippen LogP contribution in [0.3, 0.4) is 0 Å². The highest BCUT2D eigenvalue weighted by molar-refractivity contribution is 14.0. The molecule has 1 aromatic heterocycles. The molecule has 0 amide bonds. The van der Waals surface area contributed by atoms with Gasteiger partial charge in [0.2, 0.25) is 0 Å². The smallest absolute Gasteiger partial charge is 0.193 e. The number of nitrogens with zero attached hydrogens (tertiary/aromatic N) is 4. The molecule has 1 unspecified atom stereocenters. The third-order valence-electron chi connectivity index (χ3n) is 4.29. The van der Waals surface area contributed by atoms with Crippen molar-refractivity contribution in [1.29, 1.82) is 0 Å². The molecule has 3 rings (SSSR count). The molecule has 132 valence electrons. The van der Waals surface area contributed by atoms with E-state index in [9.17, 15) is 0 Å². The van der Waals surface area contributed by atoms with Gasteiger partial charge in [-0.1, -0.05) is 12.1 Å². The van der Waals surface area contributed by atoms with Gasteiger partial charge in [0.25, 0.3) is 0 Å². The predicted octanol–water partition coefficient (Wildman–Crippen LogP) is 2.20. The topological polar surface area (TPSA) is 54.7 Å². The summed E-state index contributed by atoms with van der Waals surface area (Å²) in [5.74, 6) is 1.54. The number of nitrogens with one attached hydrogen (secondary N) is 1. The molecule has 0 spiro atoms. The number of benzene rings is 1. The van der Waals surface area contributed by atoms with Crippen LogP contribution in [0.15, 0.2) is 35.6 Å². The summed E-state index contributed by atoms with van der Waals surface area (Å²) >= 11 is 0. The molecular weight excluding hydrogens is 417 g/mol. The van der Waals surface area contributed by atoms with E-state index in [0.29, 0.717) is 5.92 Å². The first-order chi connectivity index (χ1) is 11.3. The number of hydrogen-bond acceptors (Lipinski definition) is 3. The van der Waals surface area contributed by atoms with Crippen molar-refractivity contribution < 1.29 is 4.74 Å². The molecule has 6 nitrogen and oxygen atoms in total. The first-order valence-corrected chi connectivity index (χ1v) is 8.17. The first kappa shape index (κ1) is 19.0. The van der Waals surface area contributed by atoms with Gasteiger partial charge in [0.1, 0.15) is 0 Å². The number of imidazole rings is 1. The number of halogens is 1. The van der Waals surface area contributed by atoms with Crippen LogP contribution in [0, 0.1) is 5.92 Å². The predicted molar refractivity (Wildman–Crippen MR) is 108 cm³/mol. The minimum atomic E-state index is 0. The standard InChI is InChI=1S/C17H25N5O.HI/c1-18-17(21(2)11-14-7-10-23-12-14)19-8-9-22-13-20-15-5-3-4-6-16(15)22;/h3-6,13-14H,7-12H2,1-2H3,(H,18,19);1H. The van der Waals surface area contributed by atoms with Gasteiger partial charge in [0.15, 0.2) is 5.96 Å². The van der Waals surface area contributed by atoms with Gasteiger partial charge in [-0.3, -0.25) is 4.99 Å². The quantitative estimate of drug-likeness (QED) is 0.438. The molecule has 1 fully saturated rings. The molecular formula is C17H26IN5O. The highest BCUT2D eigenvalue weighted by atomic mass is 127. The largest absolute Gasteiger partial charge is 0.381 e. The molecule has 0 bridgehead atoms. The second-order valence-corrected chi connectivity index (χ2v) is 6.01. The lowest BCUT2D eigenvalue weighted by molar-refractivity contribution is 0.181. The Kier molecular flexibility index (Phi) is 7.29. The van der Waals surface area contributed by atoms with Gasteiger partial charge in [-0.05, 0) is 18.6 Å². The van der Waals surface area contributed by atoms with Crippen molar-refractivity contribution in [1.82, 2.24) is 19.8 Å². The van der Waals surface area contributed by atoms with Crippen LogP contribution in [-0.2, 0) is 11.3 Å². The van der Waals surface area contributed by atoms with Crippen LogP contribution in [0.2, 0.25) is 0 Å². The zero-order chi connectivity index (χ0) is 16.1. The van der Waals surface area contributed by atoms with Crippen LogP contribution in [0.1, 0.15) is 6.42 Å². The second kappa shape index (κ2) is 9.22. The third kappa shape index (κ3) is 4.60. The number of guanidine groups is 1. The van der Waals surface area contributed by atoms with E-state index in [4.69, 9.17) is 4.74 Å². The summed E-state index contributed by atoms with van der Waals surface area (Å²) in [6.45, 7) is 4.41. The Morgan fingerprint density at radius 2 is 2.29 bits per heavy atom. The Bertz CT molecular complexity index is 666. The molecule has 2 aromatic rings. The van der Waals surface area contributed by atoms with Gasteiger partial charge in [-0.2, -0.15) is 0 Å². The number of rotatable bonds is 5. The molecule has 0 radical (unpaired) electrons. The van der Waals surface area contributed by atoms with E-state index in [-0.39, 0.29) is 24.0 Å². The van der Waals surface area contributed by atoms with E-state index < -0.39 is 0 Å². The van der Waals surface area contributed by atoms with Crippen LogP contribution in [0.5, 0.6) is 0 Å². The molecule has 0 saturated carbocycles. The molecule has 1 aliphatic rings. The summed E-state index contributed by atoms with van der Waals surface area (Å²) in [6, 6.07) is 8.20. The summed E-state index contributed by atoms with van der Waals surface area (Å²) in [5, 5.41) is 3.43. The van der Waals surface area contributed by atoms with Gasteiger partial charge in [-0.25, -0.2) is 4.98 Å². The zero-order valence-corrected chi connectivity index (χ0v) is 16.6. The molecule has 1 N–H and O–H groups in total. The van der Waals surface area contributed by atoms with Gasteiger partial charge in [-0.15, -0.1) is 24.0 Å². The summed E-state index contributed by atoms with van der Waals surface area (Å²) < 4.78 is 7.61. The Labute approximate surface area is 160 Å². The van der Waals surface area contributed by atoms with Gasteiger partial charge >= 0.3 is 0 Å². The highest BCUT2D eigenvalue weighted by Gasteiger charge is 2.18. The van der Waals surface area contributed by atoms with Crippen molar-refractivity contribution in [2.45, 2.75) is 13.0 Å². The highest BCUT2D eigenvalue weighted by Crippen LogP contribution is 2.13. The summed E-state index contributed by atoms with van der Waals surface area (Å²) in [4.78, 5) is 11.0. The Morgan fingerprint density at radius 3 is 3.04 bits per heavy atom. The first-order valence-electron chi connectivity index (χ1n) is 8.17. The van der Waals surface area contributed by atoms with Gasteiger partial charge in [0, 0.05) is 46.3 Å². The van der Waals surface area contributed by atoms with Crippen LogP contribution < -0.4 is 5.32 Å². The van der Waals surface area contributed by atoms with Gasteiger partial charge in [0.05, 0.1) is 24.0 Å². The number of para-hydroxylation sites is 2. The maximum atomic E-state index is 5.45. The van der Waals surface area contributed by atoms with Crippen LogP contribution in [0.25, 0.3) is 11.0 Å². The van der Waals surface area contributed by atoms with Crippen molar-refractivity contribution in [2.24, 2.45) is 10.9 Å². The molecule has 1 aromatic carbocycles. The summed E-state index contributed by atoms with van der Waals surface area (Å²) in [5.41, 5.74) is 2.20. The fourth-order valence-corrected chi connectivity index (χ4v) is 3.06.